The molecule has 15 heavy (non-hydrogen) atoms. The fourth-order valence-corrected chi connectivity index (χ4v) is 2.53. The molecule has 0 aliphatic carbocycles. The summed E-state index contributed by atoms with van der Waals surface area (Å²) >= 11 is 0. The maximum absolute atomic E-state index is 3.64. The number of hydrogen-bond acceptors (Lipinski definition) is 2. The van der Waals surface area contributed by atoms with Crippen LogP contribution in [0.15, 0.2) is 0 Å². The number of rotatable bonds is 4. The van der Waals surface area contributed by atoms with Crippen molar-refractivity contribution in [3.63, 3.8) is 0 Å². The zero-order valence-corrected chi connectivity index (χ0v) is 11.1. The molecular formula is C13H28N2. The Kier molecular flexibility index (Phi) is 4.60. The molecule has 0 aromatic heterocycles. The summed E-state index contributed by atoms with van der Waals surface area (Å²) in [6.45, 7) is 15.2. The van der Waals surface area contributed by atoms with Crippen LogP contribution in [0.3, 0.4) is 0 Å². The molecule has 2 atom stereocenters. The van der Waals surface area contributed by atoms with Crippen LogP contribution in [0.5, 0.6) is 0 Å². The molecule has 90 valence electrons. The Bertz CT molecular complexity index is 191. The summed E-state index contributed by atoms with van der Waals surface area (Å²) in [6.07, 6.45) is 2.54. The van der Waals surface area contributed by atoms with Crippen LogP contribution in [0.4, 0.5) is 0 Å². The smallest absolute Gasteiger partial charge is 0.0278 e. The first kappa shape index (κ1) is 13.0. The van der Waals surface area contributed by atoms with Gasteiger partial charge in [0.1, 0.15) is 0 Å². The highest BCUT2D eigenvalue weighted by Crippen LogP contribution is 2.19. The molecule has 0 aromatic carbocycles. The molecule has 1 N–H and O–H groups in total. The molecule has 1 heterocycles. The van der Waals surface area contributed by atoms with Crippen LogP contribution in [0.2, 0.25) is 0 Å². The van der Waals surface area contributed by atoms with Crippen molar-refractivity contribution in [1.29, 1.82) is 0 Å². The predicted octanol–water partition coefficient (Wildman–Crippen LogP) is 2.49. The maximum Gasteiger partial charge on any atom is 0.0278 e. The Hall–Kier alpha value is -0.0800. The van der Waals surface area contributed by atoms with Crippen molar-refractivity contribution in [1.82, 2.24) is 10.2 Å². The molecule has 1 aliphatic rings. The molecular weight excluding hydrogens is 184 g/mol. The number of piperazine rings is 1. The van der Waals surface area contributed by atoms with Gasteiger partial charge in [-0.1, -0.05) is 20.8 Å². The van der Waals surface area contributed by atoms with Crippen molar-refractivity contribution < 1.29 is 0 Å². The van der Waals surface area contributed by atoms with Gasteiger partial charge in [-0.25, -0.2) is 0 Å². The monoisotopic (exact) mass is 212 g/mol. The largest absolute Gasteiger partial charge is 0.309 e. The average molecular weight is 212 g/mol. The second kappa shape index (κ2) is 5.31. The third-order valence-corrected chi connectivity index (χ3v) is 3.72. The quantitative estimate of drug-likeness (QED) is 0.770. The van der Waals surface area contributed by atoms with Crippen molar-refractivity contribution in [3.8, 4) is 0 Å². The van der Waals surface area contributed by atoms with E-state index in [1.807, 2.05) is 0 Å². The molecule has 1 saturated heterocycles. The summed E-state index contributed by atoms with van der Waals surface area (Å²) in [5, 5.41) is 3.64. The van der Waals surface area contributed by atoms with Crippen molar-refractivity contribution in [3.05, 3.63) is 0 Å². The zero-order chi connectivity index (χ0) is 11.5. The minimum absolute atomic E-state index is 0.337. The van der Waals surface area contributed by atoms with Crippen molar-refractivity contribution in [2.75, 3.05) is 19.6 Å². The lowest BCUT2D eigenvalue weighted by Gasteiger charge is -2.44. The Morgan fingerprint density at radius 3 is 2.53 bits per heavy atom. The molecule has 2 nitrogen and oxygen atoms in total. The molecule has 0 amide bonds. The van der Waals surface area contributed by atoms with Gasteiger partial charge < -0.3 is 5.32 Å². The van der Waals surface area contributed by atoms with E-state index in [0.717, 1.165) is 18.5 Å². The van der Waals surface area contributed by atoms with Crippen molar-refractivity contribution >= 4 is 0 Å². The minimum atomic E-state index is 0.337. The van der Waals surface area contributed by atoms with Gasteiger partial charge in [-0.3, -0.25) is 4.90 Å². The fraction of sp³-hybridized carbons (Fsp3) is 1.00. The normalized spacial score (nSPS) is 30.8. The third kappa shape index (κ3) is 3.76. The zero-order valence-electron chi connectivity index (χ0n) is 11.1. The van der Waals surface area contributed by atoms with Gasteiger partial charge >= 0.3 is 0 Å². The van der Waals surface area contributed by atoms with Gasteiger partial charge in [0.15, 0.2) is 0 Å². The molecule has 0 aromatic rings. The topological polar surface area (TPSA) is 15.3 Å². The lowest BCUT2D eigenvalue weighted by Crippen LogP contribution is -2.60. The summed E-state index contributed by atoms with van der Waals surface area (Å²) < 4.78 is 0. The predicted molar refractivity (Wildman–Crippen MR) is 67.2 cm³/mol. The third-order valence-electron chi connectivity index (χ3n) is 3.72. The SMILES string of the molecule is CCC1(C)CN(C(C)CC(C)C)CCN1. The van der Waals surface area contributed by atoms with Crippen LogP contribution in [-0.4, -0.2) is 36.1 Å². The summed E-state index contributed by atoms with van der Waals surface area (Å²) in [5.41, 5.74) is 0.337. The molecule has 0 bridgehead atoms. The van der Waals surface area contributed by atoms with Gasteiger partial charge in [0.25, 0.3) is 0 Å². The number of hydrogen-bond donors (Lipinski definition) is 1. The highest BCUT2D eigenvalue weighted by Gasteiger charge is 2.30. The summed E-state index contributed by atoms with van der Waals surface area (Å²) in [5.74, 6) is 0.808. The molecule has 0 spiro atoms. The second-order valence-corrected chi connectivity index (χ2v) is 5.79. The standard InChI is InChI=1S/C13H28N2/c1-6-13(5)10-15(8-7-14-13)12(4)9-11(2)3/h11-12,14H,6-10H2,1-5H3. The van der Waals surface area contributed by atoms with E-state index in [4.69, 9.17) is 0 Å². The minimum Gasteiger partial charge on any atom is -0.309 e. The van der Waals surface area contributed by atoms with Crippen LogP contribution in [0, 0.1) is 5.92 Å². The lowest BCUT2D eigenvalue weighted by atomic mass is 9.93. The molecule has 1 rings (SSSR count). The maximum atomic E-state index is 3.64. The van der Waals surface area contributed by atoms with Gasteiger partial charge in [-0.05, 0) is 32.6 Å². The van der Waals surface area contributed by atoms with Crippen LogP contribution in [0.25, 0.3) is 0 Å². The fourth-order valence-electron chi connectivity index (χ4n) is 2.53. The first-order valence-corrected chi connectivity index (χ1v) is 6.46. The van der Waals surface area contributed by atoms with Gasteiger partial charge in [-0.15, -0.1) is 0 Å². The lowest BCUT2D eigenvalue weighted by molar-refractivity contribution is 0.0950. The summed E-state index contributed by atoms with van der Waals surface area (Å²) in [6, 6.07) is 0.734. The van der Waals surface area contributed by atoms with Crippen molar-refractivity contribution in [2.45, 2.75) is 59.0 Å². The van der Waals surface area contributed by atoms with E-state index in [0.29, 0.717) is 5.54 Å². The molecule has 0 saturated carbocycles. The van der Waals surface area contributed by atoms with Crippen LogP contribution >= 0.6 is 0 Å². The van der Waals surface area contributed by atoms with Gasteiger partial charge in [0, 0.05) is 31.2 Å². The Balaban J connectivity index is 2.48. The number of nitrogens with one attached hydrogen (secondary N) is 1. The molecule has 2 heteroatoms. The highest BCUT2D eigenvalue weighted by atomic mass is 15.2. The Labute approximate surface area is 95.4 Å². The Morgan fingerprint density at radius 2 is 2.00 bits per heavy atom. The van der Waals surface area contributed by atoms with E-state index >= 15 is 0 Å². The first-order chi connectivity index (χ1) is 6.97. The first-order valence-electron chi connectivity index (χ1n) is 6.46. The summed E-state index contributed by atoms with van der Waals surface area (Å²) in [7, 11) is 0. The molecule has 2 unspecified atom stereocenters. The van der Waals surface area contributed by atoms with E-state index in [1.54, 1.807) is 0 Å². The number of nitrogens with zero attached hydrogens (tertiary/aromatic N) is 1. The highest BCUT2D eigenvalue weighted by molar-refractivity contribution is 4.91. The van der Waals surface area contributed by atoms with Gasteiger partial charge in [-0.2, -0.15) is 0 Å². The molecule has 1 aliphatic heterocycles. The van der Waals surface area contributed by atoms with Gasteiger partial charge in [0.2, 0.25) is 0 Å². The second-order valence-electron chi connectivity index (χ2n) is 5.79. The van der Waals surface area contributed by atoms with E-state index in [2.05, 4.69) is 44.8 Å². The van der Waals surface area contributed by atoms with E-state index < -0.39 is 0 Å². The molecule has 1 fully saturated rings. The van der Waals surface area contributed by atoms with E-state index in [9.17, 15) is 0 Å². The van der Waals surface area contributed by atoms with Crippen LogP contribution in [-0.2, 0) is 0 Å². The van der Waals surface area contributed by atoms with E-state index in [1.165, 1.54) is 25.9 Å². The molecule has 0 radical (unpaired) electrons. The van der Waals surface area contributed by atoms with E-state index in [-0.39, 0.29) is 0 Å². The Morgan fingerprint density at radius 1 is 1.33 bits per heavy atom. The van der Waals surface area contributed by atoms with Gasteiger partial charge in [0.05, 0.1) is 0 Å². The van der Waals surface area contributed by atoms with Crippen LogP contribution < -0.4 is 5.32 Å². The van der Waals surface area contributed by atoms with Crippen molar-refractivity contribution in [2.24, 2.45) is 5.92 Å². The van der Waals surface area contributed by atoms with Crippen LogP contribution in [0.1, 0.15) is 47.5 Å². The average Bonchev–Trinajstić information content (AvgIpc) is 2.17. The summed E-state index contributed by atoms with van der Waals surface area (Å²) in [4.78, 5) is 2.65.